The first-order chi connectivity index (χ1) is 10.9. The summed E-state index contributed by atoms with van der Waals surface area (Å²) in [5.74, 6) is 0. The highest BCUT2D eigenvalue weighted by atomic mass is 15.1. The van der Waals surface area contributed by atoms with Gasteiger partial charge in [-0.3, -0.25) is 4.99 Å². The van der Waals surface area contributed by atoms with Gasteiger partial charge in [0.25, 0.3) is 0 Å². The number of hydrogen-bond acceptors (Lipinski definition) is 2. The number of fused-ring (bicyclic) bond motifs is 1. The Labute approximate surface area is 130 Å². The maximum absolute atomic E-state index is 4.97. The van der Waals surface area contributed by atoms with Gasteiger partial charge < -0.3 is 5.32 Å². The smallest absolute Gasteiger partial charge is 0.145 e. The molecule has 2 heteroatoms. The van der Waals surface area contributed by atoms with E-state index in [0.717, 1.165) is 22.5 Å². The van der Waals surface area contributed by atoms with Crippen LogP contribution in [0.5, 0.6) is 0 Å². The zero-order valence-corrected chi connectivity index (χ0v) is 12.1. The van der Waals surface area contributed by atoms with Gasteiger partial charge in [0, 0.05) is 16.8 Å². The van der Waals surface area contributed by atoms with Gasteiger partial charge in [0.2, 0.25) is 0 Å². The molecule has 0 aliphatic carbocycles. The third kappa shape index (κ3) is 2.29. The highest BCUT2D eigenvalue weighted by Gasteiger charge is 2.21. The molecular weight excluding hydrogens is 268 g/mol. The minimum absolute atomic E-state index is 0.0497. The van der Waals surface area contributed by atoms with Gasteiger partial charge in [-0.25, -0.2) is 0 Å². The maximum atomic E-state index is 4.97. The second-order valence-electron chi connectivity index (χ2n) is 5.35. The molecule has 0 saturated carbocycles. The summed E-state index contributed by atoms with van der Waals surface area (Å²) in [7, 11) is 0. The molecule has 0 fully saturated rings. The minimum Gasteiger partial charge on any atom is -0.360 e. The summed E-state index contributed by atoms with van der Waals surface area (Å²) in [4.78, 5) is 4.97. The van der Waals surface area contributed by atoms with Crippen LogP contribution in [-0.2, 0) is 0 Å². The van der Waals surface area contributed by atoms with Crippen molar-refractivity contribution in [2.75, 3.05) is 5.32 Å². The third-order valence-corrected chi connectivity index (χ3v) is 3.90. The minimum atomic E-state index is -0.0497. The van der Waals surface area contributed by atoms with Gasteiger partial charge in [0.15, 0.2) is 0 Å². The molecule has 1 aliphatic heterocycles. The van der Waals surface area contributed by atoms with Crippen LogP contribution in [-0.4, -0.2) is 5.71 Å². The standard InChI is InChI=1S/C20H16N2/c1-3-9-15(10-4-1)19-17-13-7-8-14-18(17)21-20(22-19)16-11-5-2-6-12-16/h1-14,20-21H. The largest absolute Gasteiger partial charge is 0.360 e. The molecule has 3 aromatic carbocycles. The van der Waals surface area contributed by atoms with Crippen molar-refractivity contribution in [2.45, 2.75) is 6.17 Å². The Morgan fingerprint density at radius 2 is 1.32 bits per heavy atom. The van der Waals surface area contributed by atoms with Gasteiger partial charge in [0.1, 0.15) is 6.17 Å². The summed E-state index contributed by atoms with van der Waals surface area (Å²) < 4.78 is 0. The molecule has 2 nitrogen and oxygen atoms in total. The number of rotatable bonds is 2. The summed E-state index contributed by atoms with van der Waals surface area (Å²) in [6, 6.07) is 29.1. The molecule has 106 valence electrons. The second kappa shape index (κ2) is 5.49. The van der Waals surface area contributed by atoms with E-state index in [0.29, 0.717) is 0 Å². The molecule has 22 heavy (non-hydrogen) atoms. The van der Waals surface area contributed by atoms with Crippen molar-refractivity contribution in [1.82, 2.24) is 0 Å². The fraction of sp³-hybridized carbons (Fsp3) is 0.0500. The van der Waals surface area contributed by atoms with E-state index in [4.69, 9.17) is 4.99 Å². The number of hydrogen-bond donors (Lipinski definition) is 1. The van der Waals surface area contributed by atoms with E-state index in [1.165, 1.54) is 5.56 Å². The van der Waals surface area contributed by atoms with Crippen LogP contribution in [0.1, 0.15) is 22.9 Å². The van der Waals surface area contributed by atoms with Crippen LogP contribution in [0.3, 0.4) is 0 Å². The molecule has 1 unspecified atom stereocenters. The topological polar surface area (TPSA) is 24.4 Å². The molecule has 0 amide bonds. The van der Waals surface area contributed by atoms with Crippen LogP contribution in [0.4, 0.5) is 5.69 Å². The van der Waals surface area contributed by atoms with E-state index in [9.17, 15) is 0 Å². The molecule has 1 heterocycles. The predicted octanol–water partition coefficient (Wildman–Crippen LogP) is 4.65. The summed E-state index contributed by atoms with van der Waals surface area (Å²) in [5.41, 5.74) is 5.65. The molecule has 0 spiro atoms. The van der Waals surface area contributed by atoms with Gasteiger partial charge in [-0.1, -0.05) is 78.9 Å². The monoisotopic (exact) mass is 284 g/mol. The zero-order valence-electron chi connectivity index (χ0n) is 12.1. The van der Waals surface area contributed by atoms with Gasteiger partial charge in [0.05, 0.1) is 5.71 Å². The predicted molar refractivity (Wildman–Crippen MR) is 91.3 cm³/mol. The Kier molecular flexibility index (Phi) is 3.20. The highest BCUT2D eigenvalue weighted by Crippen LogP contribution is 2.31. The van der Waals surface area contributed by atoms with Crippen molar-refractivity contribution >= 4 is 11.4 Å². The number of benzene rings is 3. The van der Waals surface area contributed by atoms with Crippen LogP contribution in [0.25, 0.3) is 0 Å². The van der Waals surface area contributed by atoms with Crippen LogP contribution >= 0.6 is 0 Å². The van der Waals surface area contributed by atoms with Crippen LogP contribution in [0.15, 0.2) is 89.9 Å². The van der Waals surface area contributed by atoms with E-state index < -0.39 is 0 Å². The molecular formula is C20H16N2. The number of anilines is 1. The molecule has 1 aliphatic rings. The number of nitrogens with one attached hydrogen (secondary N) is 1. The number of para-hydroxylation sites is 1. The van der Waals surface area contributed by atoms with E-state index in [1.54, 1.807) is 0 Å². The molecule has 4 rings (SSSR count). The van der Waals surface area contributed by atoms with E-state index >= 15 is 0 Å². The normalized spacial score (nSPS) is 16.4. The lowest BCUT2D eigenvalue weighted by Gasteiger charge is -2.26. The summed E-state index contributed by atoms with van der Waals surface area (Å²) >= 11 is 0. The fourth-order valence-electron chi connectivity index (χ4n) is 2.81. The second-order valence-corrected chi connectivity index (χ2v) is 5.35. The lowest BCUT2D eigenvalue weighted by molar-refractivity contribution is 0.828. The first kappa shape index (κ1) is 12.8. The molecule has 0 radical (unpaired) electrons. The van der Waals surface area contributed by atoms with E-state index in [2.05, 4.69) is 78.1 Å². The Hall–Kier alpha value is -2.87. The van der Waals surface area contributed by atoms with Crippen molar-refractivity contribution in [1.29, 1.82) is 0 Å². The average molecular weight is 284 g/mol. The molecule has 0 bridgehead atoms. The average Bonchev–Trinajstić information content (AvgIpc) is 2.62. The van der Waals surface area contributed by atoms with E-state index in [-0.39, 0.29) is 6.17 Å². The molecule has 0 aromatic heterocycles. The molecule has 1 atom stereocenters. The molecule has 3 aromatic rings. The number of nitrogens with zero attached hydrogens (tertiary/aromatic N) is 1. The van der Waals surface area contributed by atoms with Gasteiger partial charge >= 0.3 is 0 Å². The third-order valence-electron chi connectivity index (χ3n) is 3.90. The van der Waals surface area contributed by atoms with E-state index in [1.807, 2.05) is 12.1 Å². The van der Waals surface area contributed by atoms with Crippen LogP contribution < -0.4 is 5.32 Å². The molecule has 1 N–H and O–H groups in total. The summed E-state index contributed by atoms with van der Waals surface area (Å²) in [6.45, 7) is 0. The maximum Gasteiger partial charge on any atom is 0.145 e. The first-order valence-corrected chi connectivity index (χ1v) is 7.46. The lowest BCUT2D eigenvalue weighted by Crippen LogP contribution is -2.20. The van der Waals surface area contributed by atoms with Crippen molar-refractivity contribution in [3.05, 3.63) is 102 Å². The first-order valence-electron chi connectivity index (χ1n) is 7.46. The van der Waals surface area contributed by atoms with Crippen molar-refractivity contribution in [3.8, 4) is 0 Å². The van der Waals surface area contributed by atoms with Gasteiger partial charge in [-0.2, -0.15) is 0 Å². The van der Waals surface area contributed by atoms with Crippen LogP contribution in [0.2, 0.25) is 0 Å². The SMILES string of the molecule is c1ccc(C2=NC(c3ccccc3)Nc3ccccc32)cc1. The lowest BCUT2D eigenvalue weighted by atomic mass is 9.97. The Bertz CT molecular complexity index is 807. The Morgan fingerprint density at radius 1 is 0.682 bits per heavy atom. The van der Waals surface area contributed by atoms with Gasteiger partial charge in [-0.15, -0.1) is 0 Å². The Balaban J connectivity index is 1.86. The van der Waals surface area contributed by atoms with Gasteiger partial charge in [-0.05, 0) is 11.6 Å². The fourth-order valence-corrected chi connectivity index (χ4v) is 2.81. The van der Waals surface area contributed by atoms with Crippen LogP contribution in [0, 0.1) is 0 Å². The zero-order chi connectivity index (χ0) is 14.8. The summed E-state index contributed by atoms with van der Waals surface area (Å²) in [5, 5.41) is 3.53. The Morgan fingerprint density at radius 3 is 2.09 bits per heavy atom. The molecule has 0 saturated heterocycles. The quantitative estimate of drug-likeness (QED) is 0.728. The number of aliphatic imine (C=N–C) groups is 1. The van der Waals surface area contributed by atoms with Crippen molar-refractivity contribution in [2.24, 2.45) is 4.99 Å². The van der Waals surface area contributed by atoms with Crippen molar-refractivity contribution in [3.63, 3.8) is 0 Å². The summed E-state index contributed by atoms with van der Waals surface area (Å²) in [6.07, 6.45) is -0.0497. The van der Waals surface area contributed by atoms with Crippen molar-refractivity contribution < 1.29 is 0 Å². The highest BCUT2D eigenvalue weighted by molar-refractivity contribution is 6.16.